The highest BCUT2D eigenvalue weighted by Crippen LogP contribution is 2.26. The predicted octanol–water partition coefficient (Wildman–Crippen LogP) is 3.22. The van der Waals surface area contributed by atoms with Crippen molar-refractivity contribution in [2.45, 2.75) is 26.4 Å². The van der Waals surface area contributed by atoms with Crippen molar-refractivity contribution in [2.75, 3.05) is 19.7 Å². The Morgan fingerprint density at radius 3 is 2.79 bits per heavy atom. The first-order valence-corrected chi connectivity index (χ1v) is 8.31. The van der Waals surface area contributed by atoms with Gasteiger partial charge in [0.25, 0.3) is 5.91 Å². The lowest BCUT2D eigenvalue weighted by Crippen LogP contribution is -2.45. The molecule has 7 heteroatoms. The largest absolute Gasteiger partial charge is 0.375 e. The van der Waals surface area contributed by atoms with E-state index in [1.54, 1.807) is 24.0 Å². The van der Waals surface area contributed by atoms with E-state index in [1.807, 2.05) is 6.92 Å². The second-order valence-electron chi connectivity index (χ2n) is 5.79. The topological polar surface area (TPSA) is 47.4 Å². The van der Waals surface area contributed by atoms with Crippen LogP contribution in [0.3, 0.4) is 0 Å². The van der Waals surface area contributed by atoms with Crippen molar-refractivity contribution in [2.24, 2.45) is 0 Å². The minimum atomic E-state index is -0.339. The van der Waals surface area contributed by atoms with Crippen molar-refractivity contribution in [1.29, 1.82) is 0 Å². The first-order chi connectivity index (χ1) is 11.5. The fourth-order valence-corrected chi connectivity index (χ4v) is 3.16. The van der Waals surface area contributed by atoms with Gasteiger partial charge >= 0.3 is 0 Å². The molecule has 1 aliphatic heterocycles. The number of ether oxygens (including phenoxy) is 1. The number of morpholine rings is 1. The van der Waals surface area contributed by atoms with Crippen LogP contribution in [-0.2, 0) is 4.74 Å². The first-order valence-electron chi connectivity index (χ1n) is 7.93. The Bertz CT molecular complexity index is 745. The molecule has 0 N–H and O–H groups in total. The summed E-state index contributed by atoms with van der Waals surface area (Å²) in [6, 6.07) is 5.81. The Kier molecular flexibility index (Phi) is 4.87. The number of aromatic nitrogens is 2. The normalized spacial score (nSPS) is 18.0. The van der Waals surface area contributed by atoms with E-state index in [4.69, 9.17) is 16.3 Å². The number of carbonyl (C=O) groups is 1. The summed E-state index contributed by atoms with van der Waals surface area (Å²) in [7, 11) is 0. The minimum absolute atomic E-state index is 0.0499. The van der Waals surface area contributed by atoms with E-state index in [2.05, 4.69) is 5.10 Å². The van der Waals surface area contributed by atoms with Gasteiger partial charge in [-0.05, 0) is 37.6 Å². The molecule has 1 fully saturated rings. The van der Waals surface area contributed by atoms with Crippen molar-refractivity contribution < 1.29 is 13.9 Å². The maximum absolute atomic E-state index is 13.1. The van der Waals surface area contributed by atoms with Crippen molar-refractivity contribution in [3.63, 3.8) is 0 Å². The summed E-state index contributed by atoms with van der Waals surface area (Å²) >= 11 is 6.42. The number of carbonyl (C=O) groups excluding carboxylic acids is 1. The van der Waals surface area contributed by atoms with Crippen LogP contribution in [0.1, 0.15) is 29.4 Å². The highest BCUT2D eigenvalue weighted by molar-refractivity contribution is 6.33. The van der Waals surface area contributed by atoms with E-state index in [1.165, 1.54) is 16.8 Å². The van der Waals surface area contributed by atoms with E-state index in [9.17, 15) is 9.18 Å². The molecule has 5 nitrogen and oxygen atoms in total. The second-order valence-corrected chi connectivity index (χ2v) is 6.15. The first kappa shape index (κ1) is 16.9. The summed E-state index contributed by atoms with van der Waals surface area (Å²) in [6.45, 7) is 5.38. The lowest BCUT2D eigenvalue weighted by Gasteiger charge is -2.32. The Morgan fingerprint density at radius 1 is 1.42 bits per heavy atom. The van der Waals surface area contributed by atoms with Crippen LogP contribution in [0.25, 0.3) is 5.69 Å². The van der Waals surface area contributed by atoms with Crippen molar-refractivity contribution >= 4 is 17.5 Å². The molecule has 128 valence electrons. The van der Waals surface area contributed by atoms with Gasteiger partial charge in [0, 0.05) is 13.1 Å². The quantitative estimate of drug-likeness (QED) is 0.853. The molecule has 2 heterocycles. The van der Waals surface area contributed by atoms with Gasteiger partial charge < -0.3 is 9.64 Å². The van der Waals surface area contributed by atoms with Gasteiger partial charge in [0.05, 0.1) is 29.7 Å². The maximum Gasteiger partial charge on any atom is 0.259 e. The smallest absolute Gasteiger partial charge is 0.259 e. The molecule has 2 aromatic rings. The molecule has 0 radical (unpaired) electrons. The summed E-state index contributed by atoms with van der Waals surface area (Å²) in [5.41, 5.74) is 1.54. The Labute approximate surface area is 145 Å². The van der Waals surface area contributed by atoms with Crippen molar-refractivity contribution in [3.8, 4) is 5.69 Å². The highest BCUT2D eigenvalue weighted by atomic mass is 35.5. The van der Waals surface area contributed by atoms with Crippen LogP contribution in [0.4, 0.5) is 4.39 Å². The van der Waals surface area contributed by atoms with Gasteiger partial charge in [0.2, 0.25) is 0 Å². The molecule has 24 heavy (non-hydrogen) atoms. The fraction of sp³-hybridized carbons (Fsp3) is 0.412. The van der Waals surface area contributed by atoms with E-state index in [-0.39, 0.29) is 23.0 Å². The van der Waals surface area contributed by atoms with E-state index < -0.39 is 0 Å². The van der Waals surface area contributed by atoms with Gasteiger partial charge in [-0.1, -0.05) is 18.5 Å². The van der Waals surface area contributed by atoms with Gasteiger partial charge in [-0.15, -0.1) is 0 Å². The van der Waals surface area contributed by atoms with E-state index >= 15 is 0 Å². The number of benzene rings is 1. The molecule has 1 aliphatic rings. The van der Waals surface area contributed by atoms with Crippen molar-refractivity contribution in [3.05, 3.63) is 46.5 Å². The second kappa shape index (κ2) is 6.91. The fourth-order valence-electron chi connectivity index (χ4n) is 2.80. The maximum atomic E-state index is 13.1. The zero-order chi connectivity index (χ0) is 17.3. The number of hydrogen-bond acceptors (Lipinski definition) is 3. The average Bonchev–Trinajstić information content (AvgIpc) is 2.89. The lowest BCUT2D eigenvalue weighted by molar-refractivity contribution is -0.0226. The number of nitrogens with zero attached hydrogens (tertiary/aromatic N) is 3. The van der Waals surface area contributed by atoms with Gasteiger partial charge in [0.1, 0.15) is 11.0 Å². The van der Waals surface area contributed by atoms with E-state index in [0.717, 1.165) is 6.42 Å². The molecule has 0 saturated carbocycles. The number of aryl methyl sites for hydroxylation is 1. The van der Waals surface area contributed by atoms with Crippen LogP contribution in [-0.4, -0.2) is 46.4 Å². The van der Waals surface area contributed by atoms with Gasteiger partial charge in [-0.3, -0.25) is 4.79 Å². The molecule has 1 aromatic heterocycles. The molecule has 1 amide bonds. The minimum Gasteiger partial charge on any atom is -0.375 e. The average molecular weight is 352 g/mol. The van der Waals surface area contributed by atoms with Crippen LogP contribution in [0.15, 0.2) is 24.3 Å². The molecule has 0 spiro atoms. The van der Waals surface area contributed by atoms with Crippen LogP contribution in [0.2, 0.25) is 5.15 Å². The lowest BCUT2D eigenvalue weighted by atomic mass is 10.1. The summed E-state index contributed by atoms with van der Waals surface area (Å²) in [5, 5.41) is 4.59. The molecule has 0 bridgehead atoms. The molecular formula is C17H19ClFN3O2. The molecule has 0 aliphatic carbocycles. The summed E-state index contributed by atoms with van der Waals surface area (Å²) < 4.78 is 20.2. The summed E-state index contributed by atoms with van der Waals surface area (Å²) in [4.78, 5) is 14.6. The van der Waals surface area contributed by atoms with Crippen LogP contribution in [0, 0.1) is 12.7 Å². The van der Waals surface area contributed by atoms with Gasteiger partial charge in [-0.2, -0.15) is 5.10 Å². The Hall–Kier alpha value is -1.92. The summed E-state index contributed by atoms with van der Waals surface area (Å²) in [5.74, 6) is -0.485. The van der Waals surface area contributed by atoms with Crippen molar-refractivity contribution in [1.82, 2.24) is 14.7 Å². The number of amides is 1. The Morgan fingerprint density at radius 2 is 2.12 bits per heavy atom. The zero-order valence-electron chi connectivity index (χ0n) is 13.6. The molecule has 1 aromatic carbocycles. The standard InChI is InChI=1S/C17H19ClFN3O2/c1-3-14-10-21(8-9-24-14)17(23)15-11(2)20-22(16(15)18)13-6-4-12(19)5-7-13/h4-7,14H,3,8-10H2,1-2H3/t14-/m0/s1. The SMILES string of the molecule is CC[C@H]1CN(C(=O)c2c(C)nn(-c3ccc(F)cc3)c2Cl)CCO1. The molecule has 1 saturated heterocycles. The predicted molar refractivity (Wildman–Crippen MR) is 89.2 cm³/mol. The number of hydrogen-bond donors (Lipinski definition) is 0. The van der Waals surface area contributed by atoms with E-state index in [0.29, 0.717) is 36.6 Å². The molecular weight excluding hydrogens is 333 g/mol. The highest BCUT2D eigenvalue weighted by Gasteiger charge is 2.29. The number of halogens is 2. The third kappa shape index (κ3) is 3.16. The summed E-state index contributed by atoms with van der Waals surface area (Å²) in [6.07, 6.45) is 0.902. The molecule has 3 rings (SSSR count). The van der Waals surface area contributed by atoms with Gasteiger partial charge in [-0.25, -0.2) is 9.07 Å². The van der Waals surface area contributed by atoms with Gasteiger partial charge in [0.15, 0.2) is 0 Å². The monoisotopic (exact) mass is 351 g/mol. The van der Waals surface area contributed by atoms with Crippen LogP contribution in [0.5, 0.6) is 0 Å². The Balaban J connectivity index is 1.91. The van der Waals surface area contributed by atoms with Crippen LogP contribution < -0.4 is 0 Å². The zero-order valence-corrected chi connectivity index (χ0v) is 14.4. The third-order valence-corrected chi connectivity index (χ3v) is 4.52. The molecule has 1 atom stereocenters. The van der Waals surface area contributed by atoms with Crippen LogP contribution >= 0.6 is 11.6 Å². The molecule has 0 unspecified atom stereocenters. The third-order valence-electron chi connectivity index (χ3n) is 4.17. The number of rotatable bonds is 3.